The number of benzene rings is 1. The highest BCUT2D eigenvalue weighted by Gasteiger charge is 2.34. The summed E-state index contributed by atoms with van der Waals surface area (Å²) in [5, 5.41) is 11.8. The molecule has 3 fully saturated rings. The Kier molecular flexibility index (Phi) is 3.83. The maximum atomic E-state index is 12.3. The van der Waals surface area contributed by atoms with E-state index in [9.17, 15) is 4.79 Å². The van der Waals surface area contributed by atoms with E-state index >= 15 is 0 Å². The van der Waals surface area contributed by atoms with E-state index in [0.717, 1.165) is 12.2 Å². The van der Waals surface area contributed by atoms with Gasteiger partial charge in [0.2, 0.25) is 5.91 Å². The van der Waals surface area contributed by atoms with Crippen LogP contribution in [0.25, 0.3) is 5.69 Å². The Hall–Kier alpha value is -2.21. The molecule has 0 saturated carbocycles. The first-order valence-corrected chi connectivity index (χ1v) is 8.26. The number of nitrogens with one attached hydrogen (secondary N) is 1. The van der Waals surface area contributed by atoms with Gasteiger partial charge in [-0.05, 0) is 44.0 Å². The average Bonchev–Trinajstić information content (AvgIpc) is 3.05. The second-order valence-corrected chi connectivity index (χ2v) is 6.45. The summed E-state index contributed by atoms with van der Waals surface area (Å²) < 4.78 is 0. The topological polar surface area (TPSA) is 63.1 Å². The molecular formula is C17H21N5O. The number of rotatable bonds is 4. The quantitative estimate of drug-likeness (QED) is 0.916. The van der Waals surface area contributed by atoms with Gasteiger partial charge in [-0.2, -0.15) is 15.0 Å². The van der Waals surface area contributed by atoms with Crippen molar-refractivity contribution in [3.05, 3.63) is 42.2 Å². The van der Waals surface area contributed by atoms with Crippen molar-refractivity contribution in [3.8, 4) is 5.69 Å². The van der Waals surface area contributed by atoms with Gasteiger partial charge in [-0.1, -0.05) is 18.2 Å². The number of piperidine rings is 3. The van der Waals surface area contributed by atoms with Crippen molar-refractivity contribution < 1.29 is 4.79 Å². The van der Waals surface area contributed by atoms with E-state index < -0.39 is 0 Å². The number of amides is 1. The first-order valence-electron chi connectivity index (χ1n) is 8.26. The van der Waals surface area contributed by atoms with Gasteiger partial charge < -0.3 is 10.2 Å². The number of hydrogen-bond donors (Lipinski definition) is 1. The minimum atomic E-state index is 0.0452. The lowest BCUT2D eigenvalue weighted by Gasteiger charge is -2.44. The highest BCUT2D eigenvalue weighted by atomic mass is 16.1. The Balaban J connectivity index is 1.37. The molecule has 4 heterocycles. The zero-order valence-electron chi connectivity index (χ0n) is 13.1. The van der Waals surface area contributed by atoms with E-state index in [4.69, 9.17) is 0 Å². The summed E-state index contributed by atoms with van der Waals surface area (Å²) in [4.78, 5) is 16.3. The Labute approximate surface area is 135 Å². The van der Waals surface area contributed by atoms with E-state index in [1.165, 1.54) is 25.9 Å². The van der Waals surface area contributed by atoms with Crippen molar-refractivity contribution in [3.63, 3.8) is 0 Å². The summed E-state index contributed by atoms with van der Waals surface area (Å²) in [6.45, 7) is 3.36. The summed E-state index contributed by atoms with van der Waals surface area (Å²) in [6.07, 6.45) is 4.36. The fourth-order valence-corrected chi connectivity index (χ4v) is 3.61. The highest BCUT2D eigenvalue weighted by molar-refractivity contribution is 5.78. The standard InChI is InChI=1S/C17H21N5O/c23-17(19-16-12-21-8-6-13(16)7-9-21)10-14-11-18-22(20-14)15-4-2-1-3-5-15/h1-5,11,13,16H,6-10,12H2,(H,19,23)/t16-/m0/s1. The summed E-state index contributed by atoms with van der Waals surface area (Å²) in [6, 6.07) is 10.0. The van der Waals surface area contributed by atoms with Crippen molar-refractivity contribution in [1.29, 1.82) is 0 Å². The van der Waals surface area contributed by atoms with Crippen LogP contribution in [-0.2, 0) is 11.2 Å². The minimum absolute atomic E-state index is 0.0452. The molecule has 3 saturated heterocycles. The Morgan fingerprint density at radius 3 is 2.70 bits per heavy atom. The van der Waals surface area contributed by atoms with Gasteiger partial charge >= 0.3 is 0 Å². The second-order valence-electron chi connectivity index (χ2n) is 6.45. The van der Waals surface area contributed by atoms with Crippen LogP contribution in [0.4, 0.5) is 0 Å². The van der Waals surface area contributed by atoms with Gasteiger partial charge in [0.15, 0.2) is 0 Å². The number of fused-ring (bicyclic) bond motifs is 3. The molecule has 2 bridgehead atoms. The van der Waals surface area contributed by atoms with Crippen LogP contribution in [0.2, 0.25) is 0 Å². The van der Waals surface area contributed by atoms with E-state index in [2.05, 4.69) is 20.4 Å². The molecule has 1 N–H and O–H groups in total. The number of carbonyl (C=O) groups is 1. The molecule has 6 heteroatoms. The van der Waals surface area contributed by atoms with Crippen LogP contribution in [0.5, 0.6) is 0 Å². The fraction of sp³-hybridized carbons (Fsp3) is 0.471. The molecule has 2 aromatic rings. The SMILES string of the molecule is O=C(Cc1cnn(-c2ccccc2)n1)N[C@H]1CN2CCC1CC2. The maximum Gasteiger partial charge on any atom is 0.226 e. The lowest BCUT2D eigenvalue weighted by molar-refractivity contribution is -0.122. The molecule has 6 nitrogen and oxygen atoms in total. The normalized spacial score (nSPS) is 26.2. The molecule has 0 unspecified atom stereocenters. The second kappa shape index (κ2) is 6.12. The molecular weight excluding hydrogens is 290 g/mol. The third-order valence-corrected chi connectivity index (χ3v) is 4.87. The number of para-hydroxylation sites is 1. The molecule has 5 rings (SSSR count). The predicted molar refractivity (Wildman–Crippen MR) is 86.2 cm³/mol. The minimum Gasteiger partial charge on any atom is -0.351 e. The van der Waals surface area contributed by atoms with E-state index in [1.54, 1.807) is 11.0 Å². The van der Waals surface area contributed by atoms with Crippen LogP contribution < -0.4 is 5.32 Å². The molecule has 0 spiro atoms. The number of nitrogens with zero attached hydrogens (tertiary/aromatic N) is 4. The van der Waals surface area contributed by atoms with Crippen molar-refractivity contribution in [1.82, 2.24) is 25.2 Å². The third kappa shape index (κ3) is 3.12. The van der Waals surface area contributed by atoms with Crippen LogP contribution >= 0.6 is 0 Å². The van der Waals surface area contributed by atoms with Crippen LogP contribution in [0.15, 0.2) is 36.5 Å². The molecule has 0 radical (unpaired) electrons. The van der Waals surface area contributed by atoms with Crippen molar-refractivity contribution >= 4 is 5.91 Å². The molecule has 1 aromatic carbocycles. The zero-order valence-corrected chi connectivity index (χ0v) is 13.1. The first-order chi connectivity index (χ1) is 11.3. The third-order valence-electron chi connectivity index (χ3n) is 4.87. The smallest absolute Gasteiger partial charge is 0.226 e. The maximum absolute atomic E-state index is 12.3. The summed E-state index contributed by atoms with van der Waals surface area (Å²) in [5.41, 5.74) is 1.60. The Morgan fingerprint density at radius 1 is 1.22 bits per heavy atom. The van der Waals surface area contributed by atoms with Crippen LogP contribution in [0.3, 0.4) is 0 Å². The Bertz CT molecular complexity index is 675. The van der Waals surface area contributed by atoms with Gasteiger partial charge in [0.05, 0.1) is 24.0 Å². The van der Waals surface area contributed by atoms with Gasteiger partial charge in [0.1, 0.15) is 0 Å². The van der Waals surface area contributed by atoms with E-state index in [1.807, 2.05) is 30.3 Å². The monoisotopic (exact) mass is 311 g/mol. The number of hydrogen-bond acceptors (Lipinski definition) is 4. The van der Waals surface area contributed by atoms with Crippen LogP contribution in [-0.4, -0.2) is 51.5 Å². The molecule has 0 aliphatic carbocycles. The molecule has 3 aliphatic rings. The lowest BCUT2D eigenvalue weighted by Crippen LogP contribution is -2.57. The zero-order chi connectivity index (χ0) is 15.6. The van der Waals surface area contributed by atoms with Gasteiger partial charge in [-0.3, -0.25) is 4.79 Å². The number of carbonyl (C=O) groups excluding carboxylic acids is 1. The summed E-state index contributed by atoms with van der Waals surface area (Å²) in [5.74, 6) is 0.688. The molecule has 120 valence electrons. The molecule has 3 aliphatic heterocycles. The van der Waals surface area contributed by atoms with Crippen LogP contribution in [0.1, 0.15) is 18.5 Å². The molecule has 1 aromatic heterocycles. The van der Waals surface area contributed by atoms with Crippen molar-refractivity contribution in [2.45, 2.75) is 25.3 Å². The van der Waals surface area contributed by atoms with E-state index in [-0.39, 0.29) is 12.3 Å². The predicted octanol–water partition coefficient (Wildman–Crippen LogP) is 1.02. The lowest BCUT2D eigenvalue weighted by atomic mass is 9.84. The first kappa shape index (κ1) is 14.4. The largest absolute Gasteiger partial charge is 0.351 e. The fourth-order valence-electron chi connectivity index (χ4n) is 3.61. The molecule has 1 atom stereocenters. The summed E-state index contributed by atoms with van der Waals surface area (Å²) in [7, 11) is 0. The summed E-state index contributed by atoms with van der Waals surface area (Å²) >= 11 is 0. The molecule has 23 heavy (non-hydrogen) atoms. The van der Waals surface area contributed by atoms with Crippen molar-refractivity contribution in [2.75, 3.05) is 19.6 Å². The average molecular weight is 311 g/mol. The Morgan fingerprint density at radius 2 is 2.00 bits per heavy atom. The highest BCUT2D eigenvalue weighted by Crippen LogP contribution is 2.27. The molecule has 1 amide bonds. The van der Waals surface area contributed by atoms with Gasteiger partial charge in [0, 0.05) is 12.6 Å². The van der Waals surface area contributed by atoms with E-state index in [0.29, 0.717) is 17.7 Å². The van der Waals surface area contributed by atoms with Gasteiger partial charge in [-0.25, -0.2) is 0 Å². The van der Waals surface area contributed by atoms with Crippen LogP contribution in [0, 0.1) is 5.92 Å². The van der Waals surface area contributed by atoms with Crippen molar-refractivity contribution in [2.24, 2.45) is 5.92 Å². The van der Waals surface area contributed by atoms with Gasteiger partial charge in [-0.15, -0.1) is 0 Å². The van der Waals surface area contributed by atoms with Gasteiger partial charge in [0.25, 0.3) is 0 Å². The number of aromatic nitrogens is 3.